The molecule has 1 fully saturated rings. The maximum Gasteiger partial charge on any atom is 0.414 e. The number of hydrogen-bond donors (Lipinski definition) is 1. The Balaban J connectivity index is 1.72. The zero-order valence-electron chi connectivity index (χ0n) is 15.0. The maximum absolute atomic E-state index is 12.2. The lowest BCUT2D eigenvalue weighted by Gasteiger charge is -2.29. The Hall–Kier alpha value is -2.97. The fraction of sp³-hybridized carbons (Fsp3) is 0.471. The summed E-state index contributed by atoms with van der Waals surface area (Å²) in [7, 11) is 3.35. The Morgan fingerprint density at radius 3 is 3.00 bits per heavy atom. The van der Waals surface area contributed by atoms with Gasteiger partial charge in [0.05, 0.1) is 24.5 Å². The normalized spacial score (nSPS) is 20.5. The molecule has 0 aliphatic carbocycles. The van der Waals surface area contributed by atoms with Gasteiger partial charge in [0.25, 0.3) is 0 Å². The number of cyclic esters (lactones) is 1. The number of carbonyl (C=O) groups is 2. The molecule has 2 aliphatic rings. The number of benzene rings is 1. The van der Waals surface area contributed by atoms with Crippen LogP contribution in [0.3, 0.4) is 0 Å². The number of ether oxygens (including phenoxy) is 2. The second-order valence-corrected chi connectivity index (χ2v) is 5.96. The van der Waals surface area contributed by atoms with E-state index in [0.717, 1.165) is 5.69 Å². The molecule has 2 heterocycles. The van der Waals surface area contributed by atoms with Crippen LogP contribution in [0, 0.1) is 0 Å². The molecule has 2 amide bonds. The second kappa shape index (κ2) is 7.51. The van der Waals surface area contributed by atoms with E-state index in [0.29, 0.717) is 36.8 Å². The summed E-state index contributed by atoms with van der Waals surface area (Å²) < 4.78 is 11.0. The summed E-state index contributed by atoms with van der Waals surface area (Å²) in [5.41, 5.74) is 1.51. The zero-order chi connectivity index (χ0) is 18.7. The van der Waals surface area contributed by atoms with Gasteiger partial charge in [-0.05, 0) is 12.1 Å². The van der Waals surface area contributed by atoms with Crippen molar-refractivity contribution in [2.45, 2.75) is 19.4 Å². The molecular weight excluding hydrogens is 340 g/mol. The minimum Gasteiger partial charge on any atom is -0.483 e. The summed E-state index contributed by atoms with van der Waals surface area (Å²) >= 11 is 0. The standard InChI is InChI=1S/C17H22N4O5/c1-4-16(22)18-8-12-9-21(17(23)26-12)11-5-6-13-14(7-11)25-10-15(19-24-3)20(13)2/h5-7,12H,4,8-10H2,1-3H3,(H,18,22). The second-order valence-electron chi connectivity index (χ2n) is 5.96. The number of rotatable bonds is 5. The average molecular weight is 362 g/mol. The predicted molar refractivity (Wildman–Crippen MR) is 95.7 cm³/mol. The highest BCUT2D eigenvalue weighted by Gasteiger charge is 2.33. The van der Waals surface area contributed by atoms with E-state index in [1.165, 1.54) is 12.0 Å². The molecule has 1 unspecified atom stereocenters. The van der Waals surface area contributed by atoms with Gasteiger partial charge < -0.3 is 24.5 Å². The van der Waals surface area contributed by atoms with Gasteiger partial charge in [0, 0.05) is 19.5 Å². The Labute approximate surface area is 151 Å². The van der Waals surface area contributed by atoms with Gasteiger partial charge in [-0.1, -0.05) is 12.1 Å². The molecule has 1 aromatic rings. The van der Waals surface area contributed by atoms with E-state index >= 15 is 0 Å². The van der Waals surface area contributed by atoms with Crippen LogP contribution in [-0.4, -0.2) is 57.8 Å². The molecule has 3 rings (SSSR count). The number of anilines is 2. The number of carbonyl (C=O) groups excluding carboxylic acids is 2. The summed E-state index contributed by atoms with van der Waals surface area (Å²) in [6, 6.07) is 5.47. The molecule has 0 bridgehead atoms. The summed E-state index contributed by atoms with van der Waals surface area (Å²) in [6.45, 7) is 2.72. The number of oxime groups is 1. The molecule has 1 atom stereocenters. The van der Waals surface area contributed by atoms with Crippen LogP contribution in [-0.2, 0) is 14.4 Å². The Morgan fingerprint density at radius 2 is 2.27 bits per heavy atom. The Bertz CT molecular complexity index is 736. The van der Waals surface area contributed by atoms with E-state index in [2.05, 4.69) is 10.5 Å². The molecule has 1 N–H and O–H groups in total. The quantitative estimate of drug-likeness (QED) is 0.795. The van der Waals surface area contributed by atoms with E-state index in [-0.39, 0.29) is 18.6 Å². The summed E-state index contributed by atoms with van der Waals surface area (Å²) in [4.78, 5) is 31.8. The Kier molecular flexibility index (Phi) is 5.15. The zero-order valence-corrected chi connectivity index (χ0v) is 15.0. The molecule has 140 valence electrons. The van der Waals surface area contributed by atoms with Crippen molar-refractivity contribution in [2.75, 3.05) is 43.7 Å². The van der Waals surface area contributed by atoms with Crippen LogP contribution in [0.1, 0.15) is 13.3 Å². The number of amides is 2. The van der Waals surface area contributed by atoms with Crippen molar-refractivity contribution in [1.82, 2.24) is 5.32 Å². The predicted octanol–water partition coefficient (Wildman–Crippen LogP) is 1.33. The third-order valence-corrected chi connectivity index (χ3v) is 4.28. The van der Waals surface area contributed by atoms with Crippen molar-refractivity contribution in [2.24, 2.45) is 5.16 Å². The van der Waals surface area contributed by atoms with Gasteiger partial charge in [-0.3, -0.25) is 9.69 Å². The van der Waals surface area contributed by atoms with Crippen LogP contribution in [0.25, 0.3) is 0 Å². The van der Waals surface area contributed by atoms with Crippen molar-refractivity contribution in [3.05, 3.63) is 18.2 Å². The molecule has 0 spiro atoms. The number of fused-ring (bicyclic) bond motifs is 1. The highest BCUT2D eigenvalue weighted by atomic mass is 16.6. The first-order chi connectivity index (χ1) is 12.5. The van der Waals surface area contributed by atoms with Crippen LogP contribution in [0.2, 0.25) is 0 Å². The number of hydrogen-bond acceptors (Lipinski definition) is 6. The number of amidine groups is 1. The lowest BCUT2D eigenvalue weighted by Crippen LogP contribution is -2.36. The minimum absolute atomic E-state index is 0.0711. The van der Waals surface area contributed by atoms with Gasteiger partial charge >= 0.3 is 6.09 Å². The van der Waals surface area contributed by atoms with Gasteiger partial charge in [0.2, 0.25) is 5.91 Å². The van der Waals surface area contributed by atoms with E-state index in [1.807, 2.05) is 24.1 Å². The van der Waals surface area contributed by atoms with Gasteiger partial charge in [-0.25, -0.2) is 4.79 Å². The molecule has 1 saturated heterocycles. The van der Waals surface area contributed by atoms with E-state index in [4.69, 9.17) is 14.3 Å². The van der Waals surface area contributed by atoms with Gasteiger partial charge in [0.15, 0.2) is 5.84 Å². The van der Waals surface area contributed by atoms with Crippen LogP contribution in [0.5, 0.6) is 5.75 Å². The third kappa shape index (κ3) is 3.51. The molecule has 0 saturated carbocycles. The van der Waals surface area contributed by atoms with Crippen LogP contribution >= 0.6 is 0 Å². The lowest BCUT2D eigenvalue weighted by molar-refractivity contribution is -0.121. The Morgan fingerprint density at radius 1 is 1.46 bits per heavy atom. The van der Waals surface area contributed by atoms with Crippen molar-refractivity contribution >= 4 is 29.2 Å². The maximum atomic E-state index is 12.2. The molecule has 0 aromatic heterocycles. The molecule has 0 radical (unpaired) electrons. The highest BCUT2D eigenvalue weighted by molar-refractivity contribution is 6.01. The lowest BCUT2D eigenvalue weighted by atomic mass is 10.2. The van der Waals surface area contributed by atoms with Gasteiger partial charge in [-0.15, -0.1) is 0 Å². The fourth-order valence-electron chi connectivity index (χ4n) is 2.83. The van der Waals surface area contributed by atoms with Crippen molar-refractivity contribution in [1.29, 1.82) is 0 Å². The number of nitrogens with zero attached hydrogens (tertiary/aromatic N) is 3. The van der Waals surface area contributed by atoms with Crippen LogP contribution in [0.15, 0.2) is 23.4 Å². The number of likely N-dealkylation sites (N-methyl/N-ethyl adjacent to an activating group) is 1. The largest absolute Gasteiger partial charge is 0.483 e. The van der Waals surface area contributed by atoms with E-state index in [9.17, 15) is 9.59 Å². The SMILES string of the molecule is CCC(=O)NCC1CN(c2ccc3c(c2)OCC(=NOC)N3C)C(=O)O1. The first kappa shape index (κ1) is 17.8. The fourth-order valence-corrected chi connectivity index (χ4v) is 2.83. The van der Waals surface area contributed by atoms with Gasteiger partial charge in [-0.2, -0.15) is 0 Å². The highest BCUT2D eigenvalue weighted by Crippen LogP contribution is 2.36. The van der Waals surface area contributed by atoms with Crippen LogP contribution < -0.4 is 19.9 Å². The third-order valence-electron chi connectivity index (χ3n) is 4.28. The summed E-state index contributed by atoms with van der Waals surface area (Å²) in [5.74, 6) is 1.23. The molecule has 2 aliphatic heterocycles. The molecule has 26 heavy (non-hydrogen) atoms. The minimum atomic E-state index is -0.438. The smallest absolute Gasteiger partial charge is 0.414 e. The molecule has 9 nitrogen and oxygen atoms in total. The average Bonchev–Trinajstić information content (AvgIpc) is 3.02. The molecule has 9 heteroatoms. The topological polar surface area (TPSA) is 92.7 Å². The number of nitrogens with one attached hydrogen (secondary N) is 1. The first-order valence-corrected chi connectivity index (χ1v) is 8.39. The van der Waals surface area contributed by atoms with E-state index in [1.54, 1.807) is 13.0 Å². The van der Waals surface area contributed by atoms with Gasteiger partial charge in [0.1, 0.15) is 25.6 Å². The molecule has 1 aromatic carbocycles. The molecular formula is C17H22N4O5. The van der Waals surface area contributed by atoms with Crippen molar-refractivity contribution < 1.29 is 23.9 Å². The van der Waals surface area contributed by atoms with Crippen molar-refractivity contribution in [3.63, 3.8) is 0 Å². The van der Waals surface area contributed by atoms with E-state index < -0.39 is 6.09 Å². The summed E-state index contributed by atoms with van der Waals surface area (Å²) in [5, 5.41) is 6.67. The first-order valence-electron chi connectivity index (χ1n) is 8.39. The summed E-state index contributed by atoms with van der Waals surface area (Å²) in [6.07, 6.45) is -0.418. The van der Waals surface area contributed by atoms with Crippen molar-refractivity contribution in [3.8, 4) is 5.75 Å². The monoisotopic (exact) mass is 362 g/mol. The van der Waals surface area contributed by atoms with Crippen LogP contribution in [0.4, 0.5) is 16.2 Å².